The zero-order valence-corrected chi connectivity index (χ0v) is 20.7. The highest BCUT2D eigenvalue weighted by molar-refractivity contribution is 7.14. The largest absolute Gasteiger partial charge is 0.546 e. The maximum atomic E-state index is 12.9. The van der Waals surface area contributed by atoms with Gasteiger partial charge >= 0.3 is 0 Å². The highest BCUT2D eigenvalue weighted by atomic mass is 32.2. The fourth-order valence-corrected chi connectivity index (χ4v) is 4.74. The van der Waals surface area contributed by atoms with E-state index in [2.05, 4.69) is 19.4 Å². The van der Waals surface area contributed by atoms with Gasteiger partial charge < -0.3 is 29.6 Å². The van der Waals surface area contributed by atoms with Crippen molar-refractivity contribution in [3.63, 3.8) is 0 Å². The molecule has 9 nitrogen and oxygen atoms in total. The normalized spacial score (nSPS) is 15.5. The van der Waals surface area contributed by atoms with Crippen LogP contribution in [0.4, 0.5) is 17.3 Å². The number of hydrogen-bond donors (Lipinski definition) is 3. The lowest BCUT2D eigenvalue weighted by Crippen LogP contribution is -2.35. The van der Waals surface area contributed by atoms with Crippen LogP contribution < -0.4 is 10.6 Å². The van der Waals surface area contributed by atoms with Crippen molar-refractivity contribution in [3.8, 4) is 5.75 Å². The summed E-state index contributed by atoms with van der Waals surface area (Å²) in [4.78, 5) is 14.7. The number of para-hydroxylation sites is 1. The number of amides is 1. The molecule has 10 heteroatoms. The van der Waals surface area contributed by atoms with E-state index in [1.54, 1.807) is 23.1 Å². The van der Waals surface area contributed by atoms with E-state index < -0.39 is 11.1 Å². The molecule has 0 aliphatic carbocycles. The second-order valence-electron chi connectivity index (χ2n) is 9.04. The van der Waals surface area contributed by atoms with Gasteiger partial charge in [-0.1, -0.05) is 19.9 Å². The minimum Gasteiger partial charge on any atom is -0.546 e. The number of likely N-dealkylation sites (tertiary alicyclic amines) is 1. The summed E-state index contributed by atoms with van der Waals surface area (Å²) in [6.07, 6.45) is 3.03. The Morgan fingerprint density at radius 3 is 2.53 bits per heavy atom. The molecule has 0 radical (unpaired) electrons. The van der Waals surface area contributed by atoms with Crippen LogP contribution in [0.1, 0.15) is 66.6 Å². The van der Waals surface area contributed by atoms with Crippen molar-refractivity contribution in [1.82, 2.24) is 13.6 Å². The Bertz CT molecular complexity index is 1150. The number of aryl methyl sites for hydroxylation is 2. The first-order chi connectivity index (χ1) is 16.2. The molecular weight excluding hydrogens is 454 g/mol. The number of nitrogens with zero attached hydrogens (tertiary/aromatic N) is 3. The number of furan rings is 1. The Morgan fingerprint density at radius 1 is 1.18 bits per heavy atom. The number of aromatic nitrogens is 2. The summed E-state index contributed by atoms with van der Waals surface area (Å²) in [6.45, 7) is 9.35. The molecule has 34 heavy (non-hydrogen) atoms. The van der Waals surface area contributed by atoms with Gasteiger partial charge in [0.2, 0.25) is 11.6 Å². The minimum atomic E-state index is -1.80. The van der Waals surface area contributed by atoms with Crippen molar-refractivity contribution in [2.24, 2.45) is 5.92 Å². The molecule has 3 heterocycles. The maximum absolute atomic E-state index is 12.9. The average Bonchev–Trinajstić information content (AvgIpc) is 3.33. The summed E-state index contributed by atoms with van der Waals surface area (Å²) < 4.78 is 26.3. The van der Waals surface area contributed by atoms with Crippen LogP contribution in [0.5, 0.6) is 5.75 Å². The Kier molecular flexibility index (Phi) is 7.08. The van der Waals surface area contributed by atoms with Gasteiger partial charge in [-0.05, 0) is 62.8 Å². The van der Waals surface area contributed by atoms with E-state index in [0.717, 1.165) is 36.3 Å². The topological polar surface area (TPSA) is 127 Å². The SMILES string of the molecule is Cc1cc(C(Nc2n[s+]([O-])nc2Nc2cccc(C(=O)N3CCCCC3)c2O)C(C)C)oc1C. The quantitative estimate of drug-likeness (QED) is 0.304. The molecule has 182 valence electrons. The van der Waals surface area contributed by atoms with Gasteiger partial charge in [0.1, 0.15) is 11.5 Å². The predicted octanol–water partition coefficient (Wildman–Crippen LogP) is 5.30. The summed E-state index contributed by atoms with van der Waals surface area (Å²) in [7, 11) is 0. The van der Waals surface area contributed by atoms with Gasteiger partial charge in [-0.3, -0.25) is 4.79 Å². The molecule has 1 amide bonds. The van der Waals surface area contributed by atoms with E-state index in [4.69, 9.17) is 4.42 Å². The van der Waals surface area contributed by atoms with Crippen molar-refractivity contribution < 1.29 is 18.9 Å². The first kappa shape index (κ1) is 24.0. The predicted molar refractivity (Wildman–Crippen MR) is 131 cm³/mol. The summed E-state index contributed by atoms with van der Waals surface area (Å²) >= 11 is -1.80. The Balaban J connectivity index is 1.59. The number of aromatic hydroxyl groups is 1. The molecule has 0 saturated carbocycles. The Morgan fingerprint density at radius 2 is 1.88 bits per heavy atom. The van der Waals surface area contributed by atoms with Crippen LogP contribution in [0.3, 0.4) is 0 Å². The molecule has 0 spiro atoms. The van der Waals surface area contributed by atoms with E-state index in [0.29, 0.717) is 24.6 Å². The molecule has 1 fully saturated rings. The molecule has 2 aromatic heterocycles. The van der Waals surface area contributed by atoms with Crippen molar-refractivity contribution >= 4 is 34.4 Å². The zero-order valence-electron chi connectivity index (χ0n) is 19.9. The molecule has 1 saturated heterocycles. The third-order valence-corrected chi connectivity index (χ3v) is 6.85. The second kappa shape index (κ2) is 10.0. The lowest BCUT2D eigenvalue weighted by Gasteiger charge is -2.27. The molecule has 3 aromatic rings. The van der Waals surface area contributed by atoms with Crippen LogP contribution >= 0.6 is 11.1 Å². The van der Waals surface area contributed by atoms with Crippen molar-refractivity contribution in [2.75, 3.05) is 23.7 Å². The first-order valence-corrected chi connectivity index (χ1v) is 12.6. The number of benzene rings is 1. The van der Waals surface area contributed by atoms with Gasteiger partial charge in [0.15, 0.2) is 16.9 Å². The molecule has 1 aromatic carbocycles. The Hall–Kier alpha value is -3.11. The minimum absolute atomic E-state index is 0.141. The fourth-order valence-electron chi connectivity index (χ4n) is 4.12. The Labute approximate surface area is 202 Å². The highest BCUT2D eigenvalue weighted by Gasteiger charge is 2.27. The van der Waals surface area contributed by atoms with Crippen LogP contribution in [0.15, 0.2) is 28.7 Å². The van der Waals surface area contributed by atoms with Gasteiger partial charge in [0, 0.05) is 21.8 Å². The third-order valence-electron chi connectivity index (χ3n) is 6.18. The lowest BCUT2D eigenvalue weighted by atomic mass is 10.0. The summed E-state index contributed by atoms with van der Waals surface area (Å²) in [5, 5.41) is 17.2. The van der Waals surface area contributed by atoms with Crippen molar-refractivity contribution in [2.45, 2.75) is 53.0 Å². The van der Waals surface area contributed by atoms with Crippen LogP contribution in [-0.4, -0.2) is 42.3 Å². The standard InChI is InChI=1S/C24H31N5O4S/c1-14(2)20(19-13-15(3)16(4)33-19)26-23-22(27-34(32)28-23)25-18-10-8-9-17(21(18)30)24(31)29-11-6-5-7-12-29/h8-10,13-14,20,30H,5-7,11-12H2,1-4H3,(H,25,27)(H,26,28). The number of rotatable bonds is 7. The molecule has 2 atom stereocenters. The highest BCUT2D eigenvalue weighted by Crippen LogP contribution is 2.37. The first-order valence-electron chi connectivity index (χ1n) is 11.6. The third kappa shape index (κ3) is 5.02. The van der Waals surface area contributed by atoms with Gasteiger partial charge in [-0.15, -0.1) is 0 Å². The molecule has 1 aliphatic heterocycles. The zero-order chi connectivity index (χ0) is 24.4. The average molecular weight is 486 g/mol. The van der Waals surface area contributed by atoms with Gasteiger partial charge in [0.05, 0.1) is 17.3 Å². The fraction of sp³-hybridized carbons (Fsp3) is 0.458. The van der Waals surface area contributed by atoms with Crippen LogP contribution in [0, 0.1) is 19.8 Å². The van der Waals surface area contributed by atoms with Crippen molar-refractivity contribution in [1.29, 1.82) is 0 Å². The number of phenolic OH excluding ortho intramolecular Hbond substituents is 1. The summed E-state index contributed by atoms with van der Waals surface area (Å²) in [5.74, 6) is 1.89. The second-order valence-corrected chi connectivity index (χ2v) is 9.87. The van der Waals surface area contributed by atoms with Gasteiger partial charge in [0.25, 0.3) is 5.91 Å². The number of nitrogens with one attached hydrogen (secondary N) is 2. The maximum Gasteiger partial charge on any atom is 0.257 e. The number of piperidine rings is 1. The molecule has 0 bridgehead atoms. The molecule has 4 rings (SSSR count). The monoisotopic (exact) mass is 485 g/mol. The van der Waals surface area contributed by atoms with E-state index in [1.165, 1.54) is 0 Å². The van der Waals surface area contributed by atoms with Crippen molar-refractivity contribution in [3.05, 3.63) is 46.9 Å². The number of carbonyl (C=O) groups excluding carboxylic acids is 1. The van der Waals surface area contributed by atoms with Crippen LogP contribution in [-0.2, 0) is 0 Å². The lowest BCUT2D eigenvalue weighted by molar-refractivity contribution is 0.0721. The molecule has 3 N–H and O–H groups in total. The molecule has 2 unspecified atom stereocenters. The van der Waals surface area contributed by atoms with E-state index in [9.17, 15) is 14.5 Å². The number of hydrogen-bond acceptors (Lipinski definition) is 8. The molecule has 1 aliphatic rings. The van der Waals surface area contributed by atoms with Crippen LogP contribution in [0.2, 0.25) is 0 Å². The smallest absolute Gasteiger partial charge is 0.257 e. The van der Waals surface area contributed by atoms with Gasteiger partial charge in [-0.25, -0.2) is 0 Å². The summed E-state index contributed by atoms with van der Waals surface area (Å²) in [5.41, 5.74) is 1.56. The van der Waals surface area contributed by atoms with E-state index in [1.807, 2.05) is 33.8 Å². The van der Waals surface area contributed by atoms with Gasteiger partial charge in [-0.2, -0.15) is 0 Å². The van der Waals surface area contributed by atoms with Crippen LogP contribution in [0.25, 0.3) is 0 Å². The van der Waals surface area contributed by atoms with E-state index >= 15 is 0 Å². The summed E-state index contributed by atoms with van der Waals surface area (Å²) in [6, 6.07) is 6.69. The number of phenols is 1. The molecular formula is C24H31N5O4S. The number of anilines is 3. The van der Waals surface area contributed by atoms with E-state index in [-0.39, 0.29) is 35.0 Å². The number of carbonyl (C=O) groups is 1.